The average Bonchev–Trinajstić information content (AvgIpc) is 3.22. The number of hydrogen-bond acceptors (Lipinski definition) is 4. The minimum Gasteiger partial charge on any atom is -0.467 e. The van der Waals surface area contributed by atoms with Gasteiger partial charge in [0.1, 0.15) is 12.0 Å². The zero-order valence-electron chi connectivity index (χ0n) is 14.0. The second-order valence-corrected chi connectivity index (χ2v) is 6.33. The number of anilines is 1. The van der Waals surface area contributed by atoms with E-state index in [-0.39, 0.29) is 18.4 Å². The van der Waals surface area contributed by atoms with Gasteiger partial charge in [-0.2, -0.15) is 5.10 Å². The summed E-state index contributed by atoms with van der Waals surface area (Å²) in [5, 5.41) is 7.89. The number of para-hydroxylation sites is 1. The number of benzene rings is 1. The Bertz CT molecular complexity index is 898. The van der Waals surface area contributed by atoms with Crippen LogP contribution in [-0.4, -0.2) is 15.7 Å². The molecule has 0 aliphatic heterocycles. The number of furan rings is 1. The number of aromatic nitrogens is 2. The van der Waals surface area contributed by atoms with Gasteiger partial charge in [-0.25, -0.2) is 4.68 Å². The third-order valence-electron chi connectivity index (χ3n) is 3.80. The molecule has 3 rings (SSSR count). The number of carbonyl (C=O) groups is 1. The predicted molar refractivity (Wildman–Crippen MR) is 97.2 cm³/mol. The highest BCUT2D eigenvalue weighted by molar-refractivity contribution is 6.32. The molecule has 0 aliphatic rings. The molecule has 25 heavy (non-hydrogen) atoms. The molecule has 3 N–H and O–H groups in total. The quantitative estimate of drug-likeness (QED) is 0.723. The summed E-state index contributed by atoms with van der Waals surface area (Å²) in [4.78, 5) is 12.5. The van der Waals surface area contributed by atoms with Crippen molar-refractivity contribution in [2.45, 2.75) is 26.3 Å². The van der Waals surface area contributed by atoms with Crippen LogP contribution in [0.5, 0.6) is 0 Å². The second kappa shape index (κ2) is 7.13. The summed E-state index contributed by atoms with van der Waals surface area (Å²) in [5.41, 5.74) is 8.19. The lowest BCUT2D eigenvalue weighted by Crippen LogP contribution is -2.13. The van der Waals surface area contributed by atoms with E-state index in [2.05, 4.69) is 10.4 Å². The molecule has 0 saturated heterocycles. The molecule has 6 nitrogen and oxygen atoms in total. The molecule has 0 aliphatic carbocycles. The van der Waals surface area contributed by atoms with Gasteiger partial charge in [-0.3, -0.25) is 4.79 Å². The number of nitrogens with two attached hydrogens (primary N) is 1. The summed E-state index contributed by atoms with van der Waals surface area (Å²) in [7, 11) is 0. The highest BCUT2D eigenvalue weighted by Gasteiger charge is 2.20. The fourth-order valence-electron chi connectivity index (χ4n) is 2.63. The lowest BCUT2D eigenvalue weighted by Gasteiger charge is -2.14. The van der Waals surface area contributed by atoms with Crippen LogP contribution in [-0.2, 0) is 6.54 Å². The maximum atomic E-state index is 12.5. The standard InChI is InChI=1S/C18H19ClN4O2/c1-11(2)17-15(22-18(24)12-7-13(8-20)25-10-12)9-21-23(17)16-6-4-3-5-14(16)19/h3-7,9-11H,8,20H2,1-2H3,(H,22,24). The van der Waals surface area contributed by atoms with E-state index >= 15 is 0 Å². The van der Waals surface area contributed by atoms with Crippen LogP contribution in [0.25, 0.3) is 5.69 Å². The van der Waals surface area contributed by atoms with Crippen molar-refractivity contribution in [3.8, 4) is 5.69 Å². The fourth-order valence-corrected chi connectivity index (χ4v) is 2.84. The Balaban J connectivity index is 1.95. The highest BCUT2D eigenvalue weighted by atomic mass is 35.5. The van der Waals surface area contributed by atoms with Gasteiger partial charge < -0.3 is 15.5 Å². The molecule has 0 radical (unpaired) electrons. The third-order valence-corrected chi connectivity index (χ3v) is 4.12. The van der Waals surface area contributed by atoms with E-state index in [4.69, 9.17) is 21.8 Å². The summed E-state index contributed by atoms with van der Waals surface area (Å²) >= 11 is 6.29. The number of halogens is 1. The van der Waals surface area contributed by atoms with Gasteiger partial charge in [-0.1, -0.05) is 37.6 Å². The van der Waals surface area contributed by atoms with Crippen molar-refractivity contribution in [2.24, 2.45) is 5.73 Å². The van der Waals surface area contributed by atoms with Gasteiger partial charge in [0.25, 0.3) is 5.91 Å². The van der Waals surface area contributed by atoms with Crippen LogP contribution >= 0.6 is 11.6 Å². The average molecular weight is 359 g/mol. The summed E-state index contributed by atoms with van der Waals surface area (Å²) in [5.74, 6) is 0.406. The smallest absolute Gasteiger partial charge is 0.259 e. The molecule has 130 valence electrons. The van der Waals surface area contributed by atoms with Crippen LogP contribution in [0.4, 0.5) is 5.69 Å². The molecule has 3 aromatic rings. The third kappa shape index (κ3) is 3.45. The van der Waals surface area contributed by atoms with Gasteiger partial charge >= 0.3 is 0 Å². The first-order valence-electron chi connectivity index (χ1n) is 7.93. The molecule has 7 heteroatoms. The van der Waals surface area contributed by atoms with E-state index < -0.39 is 0 Å². The lowest BCUT2D eigenvalue weighted by atomic mass is 10.1. The van der Waals surface area contributed by atoms with Gasteiger partial charge in [0.15, 0.2) is 0 Å². The fraction of sp³-hybridized carbons (Fsp3) is 0.222. The topological polar surface area (TPSA) is 86.1 Å². The van der Waals surface area contributed by atoms with Gasteiger partial charge in [0.2, 0.25) is 0 Å². The van der Waals surface area contributed by atoms with Crippen LogP contribution in [0.1, 0.15) is 41.6 Å². The van der Waals surface area contributed by atoms with Crippen LogP contribution in [0, 0.1) is 0 Å². The van der Waals surface area contributed by atoms with E-state index in [1.807, 2.05) is 32.0 Å². The monoisotopic (exact) mass is 358 g/mol. The van der Waals surface area contributed by atoms with E-state index in [1.54, 1.807) is 23.0 Å². The summed E-state index contributed by atoms with van der Waals surface area (Å²) in [6.45, 7) is 4.31. The maximum absolute atomic E-state index is 12.5. The SMILES string of the molecule is CC(C)c1c(NC(=O)c2coc(CN)c2)cnn1-c1ccccc1Cl. The van der Waals surface area contributed by atoms with Crippen molar-refractivity contribution < 1.29 is 9.21 Å². The first-order valence-corrected chi connectivity index (χ1v) is 8.30. The predicted octanol–water partition coefficient (Wildman–Crippen LogP) is 3.95. The highest BCUT2D eigenvalue weighted by Crippen LogP contribution is 2.30. The zero-order chi connectivity index (χ0) is 18.0. The number of nitrogens with one attached hydrogen (secondary N) is 1. The molecule has 1 amide bonds. The Labute approximate surface area is 150 Å². The number of hydrogen-bond donors (Lipinski definition) is 2. The molecule has 0 spiro atoms. The Morgan fingerprint density at radius 1 is 1.40 bits per heavy atom. The summed E-state index contributed by atoms with van der Waals surface area (Å²) < 4.78 is 6.97. The summed E-state index contributed by atoms with van der Waals surface area (Å²) in [6, 6.07) is 9.08. The van der Waals surface area contributed by atoms with Crippen molar-refractivity contribution in [3.05, 3.63) is 64.8 Å². The Morgan fingerprint density at radius 3 is 2.80 bits per heavy atom. The molecular formula is C18H19ClN4O2. The number of amides is 1. The second-order valence-electron chi connectivity index (χ2n) is 5.92. The van der Waals surface area contributed by atoms with Crippen molar-refractivity contribution in [1.29, 1.82) is 0 Å². The molecule has 2 heterocycles. The van der Waals surface area contributed by atoms with E-state index in [0.29, 0.717) is 22.0 Å². The van der Waals surface area contributed by atoms with Crippen LogP contribution < -0.4 is 11.1 Å². The Morgan fingerprint density at radius 2 is 2.16 bits per heavy atom. The molecule has 0 fully saturated rings. The van der Waals surface area contributed by atoms with Crippen LogP contribution in [0.2, 0.25) is 5.02 Å². The molecule has 0 atom stereocenters. The van der Waals surface area contributed by atoms with Crippen LogP contribution in [0.15, 0.2) is 47.2 Å². The Hall–Kier alpha value is -2.57. The summed E-state index contributed by atoms with van der Waals surface area (Å²) in [6.07, 6.45) is 3.02. The zero-order valence-corrected chi connectivity index (χ0v) is 14.7. The van der Waals surface area contributed by atoms with Gasteiger partial charge in [0.05, 0.1) is 40.4 Å². The molecule has 1 aromatic carbocycles. The largest absolute Gasteiger partial charge is 0.467 e. The molecule has 0 unspecified atom stereocenters. The molecule has 2 aromatic heterocycles. The van der Waals surface area contributed by atoms with Crippen molar-refractivity contribution >= 4 is 23.2 Å². The van der Waals surface area contributed by atoms with E-state index in [1.165, 1.54) is 6.26 Å². The Kier molecular flexibility index (Phi) is 4.92. The number of rotatable bonds is 5. The van der Waals surface area contributed by atoms with Crippen molar-refractivity contribution in [3.63, 3.8) is 0 Å². The van der Waals surface area contributed by atoms with Crippen molar-refractivity contribution in [1.82, 2.24) is 9.78 Å². The molecule has 0 bridgehead atoms. The van der Waals surface area contributed by atoms with Gasteiger partial charge in [0, 0.05) is 0 Å². The minimum atomic E-state index is -0.274. The minimum absolute atomic E-state index is 0.123. The molecular weight excluding hydrogens is 340 g/mol. The first kappa shape index (κ1) is 17.3. The van der Waals surface area contributed by atoms with Crippen LogP contribution in [0.3, 0.4) is 0 Å². The lowest BCUT2D eigenvalue weighted by molar-refractivity contribution is 0.102. The first-order chi connectivity index (χ1) is 12.0. The van der Waals surface area contributed by atoms with Gasteiger partial charge in [-0.05, 0) is 24.1 Å². The maximum Gasteiger partial charge on any atom is 0.259 e. The number of carbonyl (C=O) groups excluding carboxylic acids is 1. The number of nitrogens with zero attached hydrogens (tertiary/aromatic N) is 2. The van der Waals surface area contributed by atoms with Gasteiger partial charge in [-0.15, -0.1) is 0 Å². The van der Waals surface area contributed by atoms with Crippen molar-refractivity contribution in [2.75, 3.05) is 5.32 Å². The molecule has 0 saturated carbocycles. The van der Waals surface area contributed by atoms with E-state index in [9.17, 15) is 4.79 Å². The van der Waals surface area contributed by atoms with E-state index in [0.717, 1.165) is 11.4 Å². The normalized spacial score (nSPS) is 11.1.